The Morgan fingerprint density at radius 1 is 1.12 bits per heavy atom. The van der Waals surface area contributed by atoms with Crippen LogP contribution in [0.15, 0.2) is 54.7 Å². The number of nitrogens with zero attached hydrogens (tertiary/aromatic N) is 2. The van der Waals surface area contributed by atoms with E-state index in [1.54, 1.807) is 7.11 Å². The van der Waals surface area contributed by atoms with Crippen LogP contribution in [0, 0.1) is 6.92 Å². The summed E-state index contributed by atoms with van der Waals surface area (Å²) in [6.45, 7) is 2.74. The molecule has 1 aromatic heterocycles. The van der Waals surface area contributed by atoms with E-state index in [-0.39, 0.29) is 12.1 Å². The van der Waals surface area contributed by atoms with Gasteiger partial charge in [0.05, 0.1) is 12.6 Å². The molecule has 2 heterocycles. The van der Waals surface area contributed by atoms with Crippen LogP contribution in [0.2, 0.25) is 0 Å². The van der Waals surface area contributed by atoms with Crippen molar-refractivity contribution in [1.29, 1.82) is 0 Å². The second kappa shape index (κ2) is 6.28. The largest absolute Gasteiger partial charge is 0.495 e. The highest BCUT2D eigenvalue weighted by Gasteiger charge is 2.33. The average molecular weight is 334 g/mol. The van der Waals surface area contributed by atoms with Crippen molar-refractivity contribution in [2.45, 2.75) is 32.5 Å². The molecule has 0 saturated carbocycles. The zero-order valence-electron chi connectivity index (χ0n) is 14.6. The van der Waals surface area contributed by atoms with Gasteiger partial charge in [0.2, 0.25) is 5.91 Å². The standard InChI is InChI=1S/C21H22N2O2/c1-15-13-23(21-17(15)9-6-10-18(21)25-2)19-11-12-20(24)22(19)14-16-7-4-3-5-8-16/h3-10,13,19H,11-12,14H2,1-2H3/t19-/m1/s1. The fourth-order valence-corrected chi connectivity index (χ4v) is 3.83. The number of methoxy groups -OCH3 is 1. The summed E-state index contributed by atoms with van der Waals surface area (Å²) in [6.07, 6.45) is 3.59. The molecule has 2 aromatic carbocycles. The van der Waals surface area contributed by atoms with Crippen molar-refractivity contribution < 1.29 is 9.53 Å². The lowest BCUT2D eigenvalue weighted by Gasteiger charge is -2.27. The zero-order valence-corrected chi connectivity index (χ0v) is 14.6. The van der Waals surface area contributed by atoms with Crippen LogP contribution < -0.4 is 4.74 Å². The van der Waals surface area contributed by atoms with Crippen LogP contribution in [0.3, 0.4) is 0 Å². The minimum Gasteiger partial charge on any atom is -0.495 e. The Morgan fingerprint density at radius 2 is 1.92 bits per heavy atom. The van der Waals surface area contributed by atoms with Crippen molar-refractivity contribution in [3.8, 4) is 5.75 Å². The fraction of sp³-hybridized carbons (Fsp3) is 0.286. The molecule has 1 atom stereocenters. The van der Waals surface area contributed by atoms with Crippen LogP contribution in [0.1, 0.15) is 30.1 Å². The molecule has 25 heavy (non-hydrogen) atoms. The molecule has 0 spiro atoms. The van der Waals surface area contributed by atoms with Crippen molar-refractivity contribution in [3.05, 3.63) is 65.9 Å². The molecule has 3 aromatic rings. The van der Waals surface area contributed by atoms with E-state index in [4.69, 9.17) is 4.74 Å². The van der Waals surface area contributed by atoms with Crippen molar-refractivity contribution in [1.82, 2.24) is 9.47 Å². The molecule has 4 nitrogen and oxygen atoms in total. The van der Waals surface area contributed by atoms with Gasteiger partial charge in [0.25, 0.3) is 0 Å². The lowest BCUT2D eigenvalue weighted by atomic mass is 10.2. The van der Waals surface area contributed by atoms with Crippen molar-refractivity contribution in [2.24, 2.45) is 0 Å². The molecular formula is C21H22N2O2. The van der Waals surface area contributed by atoms with Crippen molar-refractivity contribution >= 4 is 16.8 Å². The van der Waals surface area contributed by atoms with Gasteiger partial charge in [-0.1, -0.05) is 42.5 Å². The van der Waals surface area contributed by atoms with Crippen LogP contribution in [-0.2, 0) is 11.3 Å². The average Bonchev–Trinajstić information content (AvgIpc) is 3.16. The summed E-state index contributed by atoms with van der Waals surface area (Å²) in [5, 5.41) is 1.18. The van der Waals surface area contributed by atoms with Gasteiger partial charge in [0.1, 0.15) is 11.9 Å². The highest BCUT2D eigenvalue weighted by atomic mass is 16.5. The van der Waals surface area contributed by atoms with Crippen LogP contribution in [0.25, 0.3) is 10.9 Å². The topological polar surface area (TPSA) is 34.5 Å². The number of ether oxygens (including phenoxy) is 1. The van der Waals surface area contributed by atoms with Gasteiger partial charge in [-0.05, 0) is 30.5 Å². The number of aromatic nitrogens is 1. The predicted octanol–water partition coefficient (Wildman–Crippen LogP) is 4.28. The smallest absolute Gasteiger partial charge is 0.224 e. The number of carbonyl (C=O) groups is 1. The van der Waals surface area contributed by atoms with Gasteiger partial charge in [0.15, 0.2) is 0 Å². The van der Waals surface area contributed by atoms with E-state index < -0.39 is 0 Å². The molecular weight excluding hydrogens is 312 g/mol. The van der Waals surface area contributed by atoms with Gasteiger partial charge in [0, 0.05) is 24.5 Å². The summed E-state index contributed by atoms with van der Waals surface area (Å²) in [7, 11) is 1.70. The fourth-order valence-electron chi connectivity index (χ4n) is 3.83. The predicted molar refractivity (Wildman–Crippen MR) is 98.5 cm³/mol. The maximum absolute atomic E-state index is 12.5. The highest BCUT2D eigenvalue weighted by molar-refractivity contribution is 5.89. The first kappa shape index (κ1) is 15.8. The summed E-state index contributed by atoms with van der Waals surface area (Å²) in [5.41, 5.74) is 3.43. The zero-order chi connectivity index (χ0) is 17.4. The van der Waals surface area contributed by atoms with E-state index in [0.29, 0.717) is 13.0 Å². The number of para-hydroxylation sites is 1. The first-order chi connectivity index (χ1) is 12.2. The molecule has 0 radical (unpaired) electrons. The summed E-state index contributed by atoms with van der Waals surface area (Å²) in [6, 6.07) is 16.3. The monoisotopic (exact) mass is 334 g/mol. The Labute approximate surface area is 147 Å². The Bertz CT molecular complexity index is 914. The van der Waals surface area contributed by atoms with Crippen molar-refractivity contribution in [2.75, 3.05) is 7.11 Å². The molecule has 4 rings (SSSR count). The van der Waals surface area contributed by atoms with Gasteiger partial charge in [-0.15, -0.1) is 0 Å². The first-order valence-electron chi connectivity index (χ1n) is 8.66. The quantitative estimate of drug-likeness (QED) is 0.714. The molecule has 4 heteroatoms. The Kier molecular flexibility index (Phi) is 3.96. The van der Waals surface area contributed by atoms with Crippen LogP contribution in [0.4, 0.5) is 0 Å². The molecule has 0 bridgehead atoms. The number of fused-ring (bicyclic) bond motifs is 1. The van der Waals surface area contributed by atoms with Crippen LogP contribution >= 0.6 is 0 Å². The SMILES string of the molecule is COc1cccc2c(C)cn([C@@H]3CCC(=O)N3Cc3ccccc3)c12. The maximum atomic E-state index is 12.5. The molecule has 0 aliphatic carbocycles. The molecule has 1 aliphatic heterocycles. The third-order valence-corrected chi connectivity index (χ3v) is 5.05. The summed E-state index contributed by atoms with van der Waals surface area (Å²) < 4.78 is 7.82. The molecule has 1 saturated heterocycles. The maximum Gasteiger partial charge on any atom is 0.224 e. The number of amides is 1. The number of carbonyl (C=O) groups excluding carboxylic acids is 1. The molecule has 1 aliphatic rings. The van der Waals surface area contributed by atoms with Gasteiger partial charge in [-0.3, -0.25) is 4.79 Å². The Balaban J connectivity index is 1.78. The van der Waals surface area contributed by atoms with E-state index >= 15 is 0 Å². The van der Waals surface area contributed by atoms with Gasteiger partial charge in [-0.25, -0.2) is 0 Å². The minimum absolute atomic E-state index is 0.0280. The van der Waals surface area contributed by atoms with E-state index in [1.165, 1.54) is 10.9 Å². The normalized spacial score (nSPS) is 17.4. The van der Waals surface area contributed by atoms with Crippen LogP contribution in [0.5, 0.6) is 5.75 Å². The third kappa shape index (κ3) is 2.68. The van der Waals surface area contributed by atoms with E-state index in [0.717, 1.165) is 23.3 Å². The molecule has 0 unspecified atom stereocenters. The Morgan fingerprint density at radius 3 is 2.68 bits per heavy atom. The first-order valence-corrected chi connectivity index (χ1v) is 8.66. The third-order valence-electron chi connectivity index (χ3n) is 5.05. The Hall–Kier alpha value is -2.75. The van der Waals surface area contributed by atoms with Crippen molar-refractivity contribution in [3.63, 3.8) is 0 Å². The number of hydrogen-bond donors (Lipinski definition) is 0. The van der Waals surface area contributed by atoms with Crippen LogP contribution in [-0.4, -0.2) is 22.5 Å². The lowest BCUT2D eigenvalue weighted by molar-refractivity contribution is -0.130. The second-order valence-corrected chi connectivity index (χ2v) is 6.60. The molecule has 1 amide bonds. The number of rotatable bonds is 4. The lowest BCUT2D eigenvalue weighted by Crippen LogP contribution is -2.30. The van der Waals surface area contributed by atoms with E-state index in [1.807, 2.05) is 35.2 Å². The summed E-state index contributed by atoms with van der Waals surface area (Å²) >= 11 is 0. The highest BCUT2D eigenvalue weighted by Crippen LogP contribution is 2.37. The molecule has 128 valence electrons. The number of aryl methyl sites for hydroxylation is 1. The van der Waals surface area contributed by atoms with Gasteiger partial charge >= 0.3 is 0 Å². The molecule has 1 fully saturated rings. The molecule has 0 N–H and O–H groups in total. The minimum atomic E-state index is 0.0280. The van der Waals surface area contributed by atoms with E-state index in [2.05, 4.69) is 35.9 Å². The van der Waals surface area contributed by atoms with Gasteiger partial charge < -0.3 is 14.2 Å². The summed E-state index contributed by atoms with van der Waals surface area (Å²) in [4.78, 5) is 14.5. The summed E-state index contributed by atoms with van der Waals surface area (Å²) in [5.74, 6) is 1.06. The number of hydrogen-bond acceptors (Lipinski definition) is 2. The van der Waals surface area contributed by atoms with Gasteiger partial charge in [-0.2, -0.15) is 0 Å². The second-order valence-electron chi connectivity index (χ2n) is 6.60. The van der Waals surface area contributed by atoms with E-state index in [9.17, 15) is 4.79 Å². The number of likely N-dealkylation sites (tertiary alicyclic amines) is 1. The number of benzene rings is 2.